The highest BCUT2D eigenvalue weighted by Gasteiger charge is 2.19. The first-order valence-electron chi connectivity index (χ1n) is 6.17. The molecule has 0 bridgehead atoms. The van der Waals surface area contributed by atoms with E-state index in [2.05, 4.69) is 27.7 Å². The second kappa shape index (κ2) is 5.30. The van der Waals surface area contributed by atoms with Crippen molar-refractivity contribution in [2.24, 2.45) is 0 Å². The first-order valence-corrected chi connectivity index (χ1v) is 7.25. The number of rotatable bonds is 3. The molecule has 0 spiro atoms. The lowest BCUT2D eigenvalue weighted by atomic mass is 9.97. The Balaban J connectivity index is 1.72. The van der Waals surface area contributed by atoms with Crippen molar-refractivity contribution in [2.45, 2.75) is 32.3 Å². The Hall–Kier alpha value is -1.04. The van der Waals surface area contributed by atoms with Crippen molar-refractivity contribution in [3.8, 4) is 5.75 Å². The monoisotopic (exact) mass is 355 g/mol. The zero-order valence-corrected chi connectivity index (χ0v) is 12.1. The van der Waals surface area contributed by atoms with Gasteiger partial charge in [0.15, 0.2) is 0 Å². The molecule has 1 aliphatic rings. The van der Waals surface area contributed by atoms with Gasteiger partial charge < -0.3 is 9.26 Å². The fraction of sp³-hybridized carbons (Fsp3) is 0.357. The second-order valence-electron chi connectivity index (χ2n) is 4.48. The molecule has 94 valence electrons. The van der Waals surface area contributed by atoms with Crippen LogP contribution in [0.2, 0.25) is 0 Å². The number of halogens is 1. The summed E-state index contributed by atoms with van der Waals surface area (Å²) >= 11 is 2.28. The molecule has 3 nitrogen and oxygen atoms in total. The Morgan fingerprint density at radius 3 is 3.06 bits per heavy atom. The highest BCUT2D eigenvalue weighted by Crippen LogP contribution is 2.25. The van der Waals surface area contributed by atoms with E-state index in [4.69, 9.17) is 9.26 Å². The summed E-state index contributed by atoms with van der Waals surface area (Å²) in [6.07, 6.45) is 4.53. The van der Waals surface area contributed by atoms with Crippen LogP contribution < -0.4 is 4.74 Å². The third kappa shape index (κ3) is 2.53. The fourth-order valence-electron chi connectivity index (χ4n) is 2.27. The van der Waals surface area contributed by atoms with E-state index in [1.54, 1.807) is 0 Å². The van der Waals surface area contributed by atoms with E-state index < -0.39 is 0 Å². The van der Waals surface area contributed by atoms with Crippen molar-refractivity contribution in [3.63, 3.8) is 0 Å². The standard InChI is InChI=1S/C14H14INO2/c15-10-4-3-5-11(8-10)17-9-13-12-6-1-2-7-14(12)18-16-13/h3-5,8H,1-2,6-7,9H2. The molecular formula is C14H14INO2. The topological polar surface area (TPSA) is 35.3 Å². The van der Waals surface area contributed by atoms with Crippen LogP contribution in [0, 0.1) is 3.57 Å². The molecule has 0 amide bonds. The number of benzene rings is 1. The molecule has 1 aliphatic carbocycles. The van der Waals surface area contributed by atoms with Gasteiger partial charge in [-0.15, -0.1) is 0 Å². The van der Waals surface area contributed by atoms with Crippen LogP contribution in [0.4, 0.5) is 0 Å². The number of aromatic nitrogens is 1. The van der Waals surface area contributed by atoms with Gasteiger partial charge in [-0.25, -0.2) is 0 Å². The van der Waals surface area contributed by atoms with E-state index in [0.717, 1.165) is 30.0 Å². The third-order valence-electron chi connectivity index (χ3n) is 3.20. The molecule has 1 aromatic carbocycles. The summed E-state index contributed by atoms with van der Waals surface area (Å²) in [5.74, 6) is 1.94. The molecule has 0 radical (unpaired) electrons. The first kappa shape index (κ1) is 12.0. The van der Waals surface area contributed by atoms with Crippen LogP contribution in [-0.4, -0.2) is 5.16 Å². The van der Waals surface area contributed by atoms with Crippen molar-refractivity contribution in [2.75, 3.05) is 0 Å². The summed E-state index contributed by atoms with van der Waals surface area (Å²) in [6, 6.07) is 8.03. The molecule has 0 unspecified atom stereocenters. The van der Waals surface area contributed by atoms with E-state index >= 15 is 0 Å². The summed E-state index contributed by atoms with van der Waals surface area (Å²) in [6.45, 7) is 0.499. The second-order valence-corrected chi connectivity index (χ2v) is 5.73. The van der Waals surface area contributed by atoms with Crippen molar-refractivity contribution in [3.05, 3.63) is 44.9 Å². The van der Waals surface area contributed by atoms with E-state index in [1.165, 1.54) is 22.0 Å². The van der Waals surface area contributed by atoms with Gasteiger partial charge in [-0.05, 0) is 60.1 Å². The minimum absolute atomic E-state index is 0.499. The van der Waals surface area contributed by atoms with Gasteiger partial charge in [0.1, 0.15) is 23.8 Å². The number of fused-ring (bicyclic) bond motifs is 1. The van der Waals surface area contributed by atoms with Crippen LogP contribution in [0.25, 0.3) is 0 Å². The molecule has 3 rings (SSSR count). The number of ether oxygens (including phenoxy) is 1. The molecule has 0 saturated heterocycles. The van der Waals surface area contributed by atoms with Crippen LogP contribution in [0.3, 0.4) is 0 Å². The average Bonchev–Trinajstić information content (AvgIpc) is 2.80. The van der Waals surface area contributed by atoms with E-state index in [1.807, 2.05) is 24.3 Å². The number of nitrogens with zero attached hydrogens (tertiary/aromatic N) is 1. The maximum Gasteiger partial charge on any atom is 0.140 e. The average molecular weight is 355 g/mol. The van der Waals surface area contributed by atoms with Gasteiger partial charge in [0.2, 0.25) is 0 Å². The van der Waals surface area contributed by atoms with Crippen molar-refractivity contribution < 1.29 is 9.26 Å². The van der Waals surface area contributed by atoms with Crippen LogP contribution in [-0.2, 0) is 19.4 Å². The van der Waals surface area contributed by atoms with Crippen molar-refractivity contribution >= 4 is 22.6 Å². The van der Waals surface area contributed by atoms with Crippen LogP contribution in [0.1, 0.15) is 29.9 Å². The molecule has 4 heteroatoms. The number of hydrogen-bond donors (Lipinski definition) is 0. The minimum atomic E-state index is 0.499. The molecule has 1 heterocycles. The molecule has 0 aliphatic heterocycles. The number of aryl methyl sites for hydroxylation is 1. The Bertz CT molecular complexity index is 550. The predicted octanol–water partition coefficient (Wildman–Crippen LogP) is 3.74. The van der Waals surface area contributed by atoms with Crippen LogP contribution >= 0.6 is 22.6 Å². The van der Waals surface area contributed by atoms with E-state index in [9.17, 15) is 0 Å². The largest absolute Gasteiger partial charge is 0.487 e. The van der Waals surface area contributed by atoms with Gasteiger partial charge in [0, 0.05) is 15.6 Å². The van der Waals surface area contributed by atoms with Gasteiger partial charge in [0.05, 0.1) is 0 Å². The molecule has 0 saturated carbocycles. The summed E-state index contributed by atoms with van der Waals surface area (Å²) in [7, 11) is 0. The highest BCUT2D eigenvalue weighted by molar-refractivity contribution is 14.1. The van der Waals surface area contributed by atoms with Gasteiger partial charge in [0.25, 0.3) is 0 Å². The Kier molecular flexibility index (Phi) is 3.54. The summed E-state index contributed by atoms with van der Waals surface area (Å²) in [5, 5.41) is 4.13. The van der Waals surface area contributed by atoms with Gasteiger partial charge >= 0.3 is 0 Å². The lowest BCUT2D eigenvalue weighted by Crippen LogP contribution is -2.04. The molecule has 18 heavy (non-hydrogen) atoms. The molecule has 0 fully saturated rings. The Labute approximate surface area is 120 Å². The molecule has 0 N–H and O–H groups in total. The van der Waals surface area contributed by atoms with E-state index in [0.29, 0.717) is 6.61 Å². The maximum atomic E-state index is 5.77. The molecule has 2 aromatic rings. The summed E-state index contributed by atoms with van der Waals surface area (Å²) in [5.41, 5.74) is 2.23. The van der Waals surface area contributed by atoms with Crippen molar-refractivity contribution in [1.82, 2.24) is 5.16 Å². The SMILES string of the molecule is Ic1cccc(OCc2noc3c2CCCC3)c1. The number of hydrogen-bond acceptors (Lipinski definition) is 3. The van der Waals surface area contributed by atoms with Gasteiger partial charge in [-0.2, -0.15) is 0 Å². The first-order chi connectivity index (χ1) is 8.83. The smallest absolute Gasteiger partial charge is 0.140 e. The van der Waals surface area contributed by atoms with Gasteiger partial charge in [-0.1, -0.05) is 11.2 Å². The third-order valence-corrected chi connectivity index (χ3v) is 3.87. The highest BCUT2D eigenvalue weighted by atomic mass is 127. The minimum Gasteiger partial charge on any atom is -0.487 e. The fourth-order valence-corrected chi connectivity index (χ4v) is 2.79. The molecule has 0 atom stereocenters. The predicted molar refractivity (Wildman–Crippen MR) is 76.6 cm³/mol. The normalized spacial score (nSPS) is 14.3. The summed E-state index contributed by atoms with van der Waals surface area (Å²) < 4.78 is 12.3. The lowest BCUT2D eigenvalue weighted by Gasteiger charge is -2.10. The molecule has 1 aromatic heterocycles. The lowest BCUT2D eigenvalue weighted by molar-refractivity contribution is 0.286. The maximum absolute atomic E-state index is 5.77. The zero-order chi connectivity index (χ0) is 12.4. The Morgan fingerprint density at radius 2 is 2.17 bits per heavy atom. The van der Waals surface area contributed by atoms with Crippen molar-refractivity contribution in [1.29, 1.82) is 0 Å². The van der Waals surface area contributed by atoms with Crippen LogP contribution in [0.5, 0.6) is 5.75 Å². The molecular weight excluding hydrogens is 341 g/mol. The quantitative estimate of drug-likeness (QED) is 0.787. The van der Waals surface area contributed by atoms with E-state index in [-0.39, 0.29) is 0 Å². The van der Waals surface area contributed by atoms with Gasteiger partial charge in [-0.3, -0.25) is 0 Å². The zero-order valence-electron chi connectivity index (χ0n) is 9.99. The van der Waals surface area contributed by atoms with Crippen LogP contribution in [0.15, 0.2) is 28.8 Å². The summed E-state index contributed by atoms with van der Waals surface area (Å²) in [4.78, 5) is 0. The Morgan fingerprint density at radius 1 is 1.28 bits per heavy atom.